The fourth-order valence-corrected chi connectivity index (χ4v) is 2.56. The molecule has 0 bridgehead atoms. The first-order valence-electron chi connectivity index (χ1n) is 7.58. The number of carbonyl (C=O) groups excluding carboxylic acids is 1. The van der Waals surface area contributed by atoms with Gasteiger partial charge in [-0.3, -0.25) is 9.89 Å². The predicted molar refractivity (Wildman–Crippen MR) is 82.2 cm³/mol. The van der Waals surface area contributed by atoms with Gasteiger partial charge in [0.05, 0.1) is 0 Å². The van der Waals surface area contributed by atoms with Crippen LogP contribution in [-0.4, -0.2) is 38.8 Å². The zero-order valence-electron chi connectivity index (χ0n) is 12.5. The molecule has 1 aromatic carbocycles. The molecule has 0 spiro atoms. The van der Waals surface area contributed by atoms with E-state index in [9.17, 15) is 4.79 Å². The van der Waals surface area contributed by atoms with Gasteiger partial charge in [-0.05, 0) is 44.2 Å². The second kappa shape index (κ2) is 6.27. The molecular weight excluding hydrogens is 280 g/mol. The van der Waals surface area contributed by atoms with Gasteiger partial charge in [0.2, 0.25) is 0 Å². The number of aliphatic hydroxyl groups is 1. The number of hydrogen-bond acceptors (Lipinski definition) is 4. The van der Waals surface area contributed by atoms with Gasteiger partial charge in [-0.1, -0.05) is 12.1 Å². The molecule has 1 fully saturated rings. The summed E-state index contributed by atoms with van der Waals surface area (Å²) in [5.41, 5.74) is 1.48. The van der Waals surface area contributed by atoms with E-state index in [1.807, 2.05) is 19.1 Å². The average Bonchev–Trinajstić information content (AvgIpc) is 3.28. The third kappa shape index (κ3) is 3.33. The van der Waals surface area contributed by atoms with Crippen molar-refractivity contribution in [3.8, 4) is 11.4 Å². The zero-order chi connectivity index (χ0) is 15.5. The quantitative estimate of drug-likeness (QED) is 0.757. The van der Waals surface area contributed by atoms with Gasteiger partial charge in [0.1, 0.15) is 5.82 Å². The molecule has 1 unspecified atom stereocenters. The minimum Gasteiger partial charge on any atom is -0.396 e. The standard InChI is InChI=1S/C16H20N4O2/c1-10-17-15(20-19-10)12-4-6-13(7-5-12)16(22)18-14(8-9-21)11-2-3-11/h4-7,11,14,21H,2-3,8-9H2,1H3,(H,18,22)(H,17,19,20). The fraction of sp³-hybridized carbons (Fsp3) is 0.438. The van der Waals surface area contributed by atoms with Gasteiger partial charge < -0.3 is 10.4 Å². The Hall–Kier alpha value is -2.21. The molecule has 0 radical (unpaired) electrons. The molecule has 0 aliphatic heterocycles. The highest BCUT2D eigenvalue weighted by Gasteiger charge is 2.31. The lowest BCUT2D eigenvalue weighted by atomic mass is 10.1. The topological polar surface area (TPSA) is 90.9 Å². The lowest BCUT2D eigenvalue weighted by molar-refractivity contribution is 0.0924. The highest BCUT2D eigenvalue weighted by atomic mass is 16.3. The maximum atomic E-state index is 12.3. The molecule has 3 rings (SSSR count). The van der Waals surface area contributed by atoms with Gasteiger partial charge in [-0.15, -0.1) is 0 Å². The summed E-state index contributed by atoms with van der Waals surface area (Å²) >= 11 is 0. The van der Waals surface area contributed by atoms with Crippen molar-refractivity contribution < 1.29 is 9.90 Å². The molecule has 1 aliphatic carbocycles. The fourth-order valence-electron chi connectivity index (χ4n) is 2.56. The van der Waals surface area contributed by atoms with Crippen molar-refractivity contribution in [2.75, 3.05) is 6.61 Å². The Kier molecular flexibility index (Phi) is 4.20. The second-order valence-corrected chi connectivity index (χ2v) is 5.75. The molecule has 1 atom stereocenters. The van der Waals surface area contributed by atoms with Gasteiger partial charge in [-0.25, -0.2) is 4.98 Å². The number of amides is 1. The SMILES string of the molecule is Cc1nc(-c2ccc(C(=O)NC(CCO)C3CC3)cc2)n[nH]1. The van der Waals surface area contributed by atoms with Crippen LogP contribution in [-0.2, 0) is 0 Å². The van der Waals surface area contributed by atoms with E-state index in [0.29, 0.717) is 23.7 Å². The highest BCUT2D eigenvalue weighted by Crippen LogP contribution is 2.34. The largest absolute Gasteiger partial charge is 0.396 e. The first-order chi connectivity index (χ1) is 10.7. The van der Waals surface area contributed by atoms with Crippen LogP contribution in [0.1, 0.15) is 35.4 Å². The Morgan fingerprint density at radius 2 is 2.14 bits per heavy atom. The third-order valence-corrected chi connectivity index (χ3v) is 3.95. The van der Waals surface area contributed by atoms with Crippen molar-refractivity contribution in [3.63, 3.8) is 0 Å². The van der Waals surface area contributed by atoms with Crippen LogP contribution in [0.25, 0.3) is 11.4 Å². The van der Waals surface area contributed by atoms with Gasteiger partial charge >= 0.3 is 0 Å². The van der Waals surface area contributed by atoms with Crippen LogP contribution < -0.4 is 5.32 Å². The summed E-state index contributed by atoms with van der Waals surface area (Å²) in [6, 6.07) is 7.32. The number of H-pyrrole nitrogens is 1. The molecule has 22 heavy (non-hydrogen) atoms. The first kappa shape index (κ1) is 14.7. The number of benzene rings is 1. The first-order valence-corrected chi connectivity index (χ1v) is 7.58. The van der Waals surface area contributed by atoms with Gasteiger partial charge in [0, 0.05) is 23.8 Å². The smallest absolute Gasteiger partial charge is 0.251 e. The summed E-state index contributed by atoms with van der Waals surface area (Å²) in [5.74, 6) is 1.81. The molecule has 6 heteroatoms. The number of rotatable bonds is 6. The summed E-state index contributed by atoms with van der Waals surface area (Å²) in [4.78, 5) is 16.5. The lowest BCUT2D eigenvalue weighted by Crippen LogP contribution is -2.37. The molecule has 6 nitrogen and oxygen atoms in total. The summed E-state index contributed by atoms with van der Waals surface area (Å²) < 4.78 is 0. The molecule has 3 N–H and O–H groups in total. The number of aromatic nitrogens is 3. The summed E-state index contributed by atoms with van der Waals surface area (Å²) in [7, 11) is 0. The minimum atomic E-state index is -0.0944. The van der Waals surface area contributed by atoms with Crippen LogP contribution in [0.2, 0.25) is 0 Å². The third-order valence-electron chi connectivity index (χ3n) is 3.95. The molecule has 0 saturated heterocycles. The molecule has 116 valence electrons. The maximum absolute atomic E-state index is 12.3. The van der Waals surface area contributed by atoms with E-state index in [1.54, 1.807) is 12.1 Å². The Balaban J connectivity index is 1.67. The molecule has 1 aliphatic rings. The average molecular weight is 300 g/mol. The van der Waals surface area contributed by atoms with Crippen LogP contribution in [0.15, 0.2) is 24.3 Å². The van der Waals surface area contributed by atoms with E-state index in [-0.39, 0.29) is 18.6 Å². The minimum absolute atomic E-state index is 0.0767. The number of hydrogen-bond donors (Lipinski definition) is 3. The van der Waals surface area contributed by atoms with E-state index in [4.69, 9.17) is 5.11 Å². The van der Waals surface area contributed by atoms with E-state index < -0.39 is 0 Å². The lowest BCUT2D eigenvalue weighted by Gasteiger charge is -2.17. The molecule has 2 aromatic rings. The van der Waals surface area contributed by atoms with Crippen molar-refractivity contribution in [1.29, 1.82) is 0 Å². The molecule has 1 saturated carbocycles. The van der Waals surface area contributed by atoms with Crippen molar-refractivity contribution in [3.05, 3.63) is 35.7 Å². The molecule has 1 heterocycles. The van der Waals surface area contributed by atoms with E-state index in [2.05, 4.69) is 20.5 Å². The Bertz CT molecular complexity index is 646. The number of carbonyl (C=O) groups is 1. The van der Waals surface area contributed by atoms with Crippen LogP contribution >= 0.6 is 0 Å². The van der Waals surface area contributed by atoms with Crippen molar-refractivity contribution >= 4 is 5.91 Å². The maximum Gasteiger partial charge on any atom is 0.251 e. The monoisotopic (exact) mass is 300 g/mol. The number of aromatic amines is 1. The van der Waals surface area contributed by atoms with Crippen molar-refractivity contribution in [2.24, 2.45) is 5.92 Å². The molecule has 1 aromatic heterocycles. The summed E-state index contributed by atoms with van der Waals surface area (Å²) in [6.07, 6.45) is 2.88. The van der Waals surface area contributed by atoms with Crippen LogP contribution in [0, 0.1) is 12.8 Å². The molecular formula is C16H20N4O2. The Morgan fingerprint density at radius 1 is 1.41 bits per heavy atom. The highest BCUT2D eigenvalue weighted by molar-refractivity contribution is 5.94. The Morgan fingerprint density at radius 3 is 2.68 bits per heavy atom. The van der Waals surface area contributed by atoms with Gasteiger partial charge in [0.15, 0.2) is 5.82 Å². The summed E-state index contributed by atoms with van der Waals surface area (Å²) in [5, 5.41) is 19.0. The van der Waals surface area contributed by atoms with E-state index >= 15 is 0 Å². The molecule has 1 amide bonds. The summed E-state index contributed by atoms with van der Waals surface area (Å²) in [6.45, 7) is 1.95. The van der Waals surface area contributed by atoms with Crippen LogP contribution in [0.4, 0.5) is 0 Å². The number of aliphatic hydroxyl groups excluding tert-OH is 1. The van der Waals surface area contributed by atoms with Crippen molar-refractivity contribution in [2.45, 2.75) is 32.2 Å². The number of aryl methyl sites for hydroxylation is 1. The van der Waals surface area contributed by atoms with Crippen LogP contribution in [0.3, 0.4) is 0 Å². The number of nitrogens with one attached hydrogen (secondary N) is 2. The zero-order valence-corrected chi connectivity index (χ0v) is 12.5. The van der Waals surface area contributed by atoms with E-state index in [1.165, 1.54) is 0 Å². The van der Waals surface area contributed by atoms with Gasteiger partial charge in [0.25, 0.3) is 5.91 Å². The predicted octanol–water partition coefficient (Wildman–Crippen LogP) is 1.67. The van der Waals surface area contributed by atoms with Crippen LogP contribution in [0.5, 0.6) is 0 Å². The normalized spacial score (nSPS) is 15.5. The number of nitrogens with zero attached hydrogens (tertiary/aromatic N) is 2. The van der Waals surface area contributed by atoms with E-state index in [0.717, 1.165) is 24.2 Å². The van der Waals surface area contributed by atoms with Gasteiger partial charge in [-0.2, -0.15) is 5.10 Å². The Labute approximate surface area is 129 Å². The van der Waals surface area contributed by atoms with Crippen molar-refractivity contribution in [1.82, 2.24) is 20.5 Å². The second-order valence-electron chi connectivity index (χ2n) is 5.75.